The molecule has 0 fully saturated rings. The van der Waals surface area contributed by atoms with Crippen LogP contribution in [-0.4, -0.2) is 11.0 Å². The first-order valence-electron chi connectivity index (χ1n) is 4.97. The van der Waals surface area contributed by atoms with Gasteiger partial charge in [0.15, 0.2) is 0 Å². The number of hydrogen-bond donors (Lipinski definition) is 1. The van der Waals surface area contributed by atoms with Gasteiger partial charge in [-0.25, -0.2) is 4.98 Å². The first kappa shape index (κ1) is 10.4. The SMILES string of the molecule is CC(C)NCc1coc(-c2cccs2)n1. The summed E-state index contributed by atoms with van der Waals surface area (Å²) in [4.78, 5) is 5.48. The molecule has 0 radical (unpaired) electrons. The maximum atomic E-state index is 5.40. The molecule has 3 nitrogen and oxygen atoms in total. The molecule has 0 unspecified atom stereocenters. The van der Waals surface area contributed by atoms with Crippen LogP contribution in [0.3, 0.4) is 0 Å². The third-order valence-corrected chi connectivity index (χ3v) is 2.83. The number of aromatic nitrogens is 1. The average Bonchev–Trinajstić information content (AvgIpc) is 2.85. The van der Waals surface area contributed by atoms with Crippen molar-refractivity contribution in [3.63, 3.8) is 0 Å². The summed E-state index contributed by atoms with van der Waals surface area (Å²) in [6.45, 7) is 4.98. The van der Waals surface area contributed by atoms with Crippen LogP contribution >= 0.6 is 11.3 Å². The molecule has 0 saturated heterocycles. The van der Waals surface area contributed by atoms with E-state index in [0.29, 0.717) is 11.9 Å². The van der Waals surface area contributed by atoms with Crippen molar-refractivity contribution in [1.82, 2.24) is 10.3 Å². The van der Waals surface area contributed by atoms with Crippen LogP contribution in [0.2, 0.25) is 0 Å². The topological polar surface area (TPSA) is 38.1 Å². The van der Waals surface area contributed by atoms with E-state index in [4.69, 9.17) is 4.42 Å². The van der Waals surface area contributed by atoms with Crippen LogP contribution in [-0.2, 0) is 6.54 Å². The molecule has 2 aromatic rings. The second-order valence-corrected chi connectivity index (χ2v) is 4.60. The highest BCUT2D eigenvalue weighted by Gasteiger charge is 2.07. The minimum atomic E-state index is 0.465. The maximum absolute atomic E-state index is 5.40. The molecular formula is C11H14N2OS. The van der Waals surface area contributed by atoms with Crippen molar-refractivity contribution in [1.29, 1.82) is 0 Å². The normalized spacial score (nSPS) is 11.1. The van der Waals surface area contributed by atoms with E-state index in [0.717, 1.165) is 17.1 Å². The second kappa shape index (κ2) is 4.59. The van der Waals surface area contributed by atoms with Gasteiger partial charge in [-0.2, -0.15) is 0 Å². The molecular weight excluding hydrogens is 208 g/mol. The molecule has 0 aliphatic carbocycles. The maximum Gasteiger partial charge on any atom is 0.236 e. The van der Waals surface area contributed by atoms with Crippen molar-refractivity contribution >= 4 is 11.3 Å². The molecule has 2 aromatic heterocycles. The van der Waals surface area contributed by atoms with Gasteiger partial charge in [-0.1, -0.05) is 19.9 Å². The minimum absolute atomic E-state index is 0.465. The minimum Gasteiger partial charge on any atom is -0.444 e. The predicted octanol–water partition coefficient (Wildman–Crippen LogP) is 2.90. The summed E-state index contributed by atoms with van der Waals surface area (Å²) < 4.78 is 5.40. The first-order valence-corrected chi connectivity index (χ1v) is 5.85. The lowest BCUT2D eigenvalue weighted by molar-refractivity contribution is 0.561. The molecule has 0 atom stereocenters. The number of oxazole rings is 1. The van der Waals surface area contributed by atoms with Gasteiger partial charge in [-0.15, -0.1) is 11.3 Å². The molecule has 0 amide bonds. The Kier molecular flexibility index (Phi) is 3.18. The molecule has 15 heavy (non-hydrogen) atoms. The van der Waals surface area contributed by atoms with Gasteiger partial charge >= 0.3 is 0 Å². The number of nitrogens with zero attached hydrogens (tertiary/aromatic N) is 1. The van der Waals surface area contributed by atoms with Crippen LogP contribution in [0.1, 0.15) is 19.5 Å². The fraction of sp³-hybridized carbons (Fsp3) is 0.364. The molecule has 80 valence electrons. The van der Waals surface area contributed by atoms with Crippen molar-refractivity contribution in [3.05, 3.63) is 29.5 Å². The lowest BCUT2D eigenvalue weighted by atomic mass is 10.3. The summed E-state index contributed by atoms with van der Waals surface area (Å²) >= 11 is 1.64. The Hall–Kier alpha value is -1.13. The number of nitrogens with one attached hydrogen (secondary N) is 1. The van der Waals surface area contributed by atoms with Crippen LogP contribution in [0.25, 0.3) is 10.8 Å². The molecule has 1 N–H and O–H groups in total. The van der Waals surface area contributed by atoms with E-state index in [9.17, 15) is 0 Å². The summed E-state index contributed by atoms with van der Waals surface area (Å²) in [7, 11) is 0. The molecule has 0 spiro atoms. The summed E-state index contributed by atoms with van der Waals surface area (Å²) in [5, 5.41) is 5.32. The average molecular weight is 222 g/mol. The highest BCUT2D eigenvalue weighted by Crippen LogP contribution is 2.23. The van der Waals surface area contributed by atoms with Gasteiger partial charge in [-0.3, -0.25) is 0 Å². The van der Waals surface area contributed by atoms with Gasteiger partial charge in [0.2, 0.25) is 5.89 Å². The van der Waals surface area contributed by atoms with Gasteiger partial charge in [0.25, 0.3) is 0 Å². The third-order valence-electron chi connectivity index (χ3n) is 1.98. The molecule has 0 aromatic carbocycles. The summed E-state index contributed by atoms with van der Waals surface area (Å²) in [5.74, 6) is 0.713. The van der Waals surface area contributed by atoms with E-state index in [1.807, 2.05) is 17.5 Å². The van der Waals surface area contributed by atoms with Gasteiger partial charge in [0.05, 0.1) is 10.6 Å². The smallest absolute Gasteiger partial charge is 0.236 e. The molecule has 0 aliphatic heterocycles. The van der Waals surface area contributed by atoms with Gasteiger partial charge < -0.3 is 9.73 Å². The highest BCUT2D eigenvalue weighted by atomic mass is 32.1. The van der Waals surface area contributed by atoms with Crippen molar-refractivity contribution in [2.45, 2.75) is 26.4 Å². The number of thiophene rings is 1. The highest BCUT2D eigenvalue weighted by molar-refractivity contribution is 7.13. The molecule has 2 heterocycles. The fourth-order valence-corrected chi connectivity index (χ4v) is 1.87. The predicted molar refractivity (Wildman–Crippen MR) is 61.8 cm³/mol. The molecule has 2 rings (SSSR count). The Morgan fingerprint density at radius 3 is 3.07 bits per heavy atom. The zero-order valence-corrected chi connectivity index (χ0v) is 9.67. The monoisotopic (exact) mass is 222 g/mol. The Morgan fingerprint density at radius 1 is 1.53 bits per heavy atom. The van der Waals surface area contributed by atoms with Crippen LogP contribution < -0.4 is 5.32 Å². The summed E-state index contributed by atoms with van der Waals surface area (Å²) in [6, 6.07) is 4.47. The van der Waals surface area contributed by atoms with Crippen molar-refractivity contribution in [2.24, 2.45) is 0 Å². The summed E-state index contributed by atoms with van der Waals surface area (Å²) in [6.07, 6.45) is 1.71. The lowest BCUT2D eigenvalue weighted by Gasteiger charge is -2.03. The van der Waals surface area contributed by atoms with E-state index in [1.54, 1.807) is 17.6 Å². The van der Waals surface area contributed by atoms with Gasteiger partial charge in [-0.05, 0) is 11.4 Å². The van der Waals surface area contributed by atoms with Crippen LogP contribution in [0.15, 0.2) is 28.2 Å². The molecule has 0 bridgehead atoms. The number of hydrogen-bond acceptors (Lipinski definition) is 4. The molecule has 0 saturated carbocycles. The van der Waals surface area contributed by atoms with E-state index < -0.39 is 0 Å². The van der Waals surface area contributed by atoms with Crippen molar-refractivity contribution in [2.75, 3.05) is 0 Å². The second-order valence-electron chi connectivity index (χ2n) is 3.66. The third kappa shape index (κ3) is 2.67. The van der Waals surface area contributed by atoms with E-state index >= 15 is 0 Å². The first-order chi connectivity index (χ1) is 7.25. The van der Waals surface area contributed by atoms with E-state index in [2.05, 4.69) is 24.1 Å². The number of rotatable bonds is 4. The molecule has 0 aliphatic rings. The van der Waals surface area contributed by atoms with Crippen LogP contribution in [0.5, 0.6) is 0 Å². The van der Waals surface area contributed by atoms with E-state index in [1.165, 1.54) is 0 Å². The van der Waals surface area contributed by atoms with Crippen LogP contribution in [0.4, 0.5) is 0 Å². The quantitative estimate of drug-likeness (QED) is 0.864. The zero-order chi connectivity index (χ0) is 10.7. The van der Waals surface area contributed by atoms with Crippen molar-refractivity contribution < 1.29 is 4.42 Å². The summed E-state index contributed by atoms with van der Waals surface area (Å²) in [5.41, 5.74) is 0.951. The lowest BCUT2D eigenvalue weighted by Crippen LogP contribution is -2.21. The standard InChI is InChI=1S/C11H14N2OS/c1-8(2)12-6-9-7-14-11(13-9)10-4-3-5-15-10/h3-5,7-8,12H,6H2,1-2H3. The largest absolute Gasteiger partial charge is 0.444 e. The Labute approximate surface area is 93.2 Å². The molecule has 4 heteroatoms. The van der Waals surface area contributed by atoms with Gasteiger partial charge in [0.1, 0.15) is 6.26 Å². The van der Waals surface area contributed by atoms with Crippen LogP contribution in [0, 0.1) is 0 Å². The fourth-order valence-electron chi connectivity index (χ4n) is 1.21. The zero-order valence-electron chi connectivity index (χ0n) is 8.86. The van der Waals surface area contributed by atoms with Gasteiger partial charge in [0, 0.05) is 12.6 Å². The Balaban J connectivity index is 2.04. The van der Waals surface area contributed by atoms with Crippen molar-refractivity contribution in [3.8, 4) is 10.8 Å². The van der Waals surface area contributed by atoms with E-state index in [-0.39, 0.29) is 0 Å². The Morgan fingerprint density at radius 2 is 2.40 bits per heavy atom. The Bertz CT molecular complexity index is 406.